The zero-order valence-electron chi connectivity index (χ0n) is 21.8. The van der Waals surface area contributed by atoms with E-state index in [2.05, 4.69) is 10.6 Å². The summed E-state index contributed by atoms with van der Waals surface area (Å²) in [5.41, 5.74) is 3.41. The first kappa shape index (κ1) is 26.2. The summed E-state index contributed by atoms with van der Waals surface area (Å²) in [5, 5.41) is 5.87. The van der Waals surface area contributed by atoms with Crippen molar-refractivity contribution in [1.82, 2.24) is 5.32 Å². The van der Waals surface area contributed by atoms with Crippen LogP contribution in [-0.4, -0.2) is 25.9 Å². The summed E-state index contributed by atoms with van der Waals surface area (Å²) in [5.74, 6) is -2.20. The number of hydrogen-bond acceptors (Lipinski definition) is 5. The maximum absolute atomic E-state index is 14.5. The molecule has 0 saturated heterocycles. The van der Waals surface area contributed by atoms with E-state index >= 15 is 0 Å². The zero-order valence-corrected chi connectivity index (χ0v) is 21.8. The monoisotopic (exact) mass is 530 g/mol. The molecule has 2 atom stereocenters. The van der Waals surface area contributed by atoms with Gasteiger partial charge in [-0.2, -0.15) is 0 Å². The maximum atomic E-state index is 14.5. The minimum atomic E-state index is -0.903. The predicted molar refractivity (Wildman–Crippen MR) is 144 cm³/mol. The topological polar surface area (TPSA) is 76.7 Å². The Labute approximate surface area is 225 Å². The first-order valence-corrected chi connectivity index (χ1v) is 12.6. The lowest BCUT2D eigenvalue weighted by molar-refractivity contribution is -0.116. The van der Waals surface area contributed by atoms with Gasteiger partial charge in [-0.3, -0.25) is 9.59 Å². The molecule has 200 valence electrons. The molecule has 0 fully saturated rings. The fourth-order valence-corrected chi connectivity index (χ4v) is 5.46. The minimum absolute atomic E-state index is 0.0192. The van der Waals surface area contributed by atoms with Crippen molar-refractivity contribution in [3.63, 3.8) is 0 Å². The maximum Gasteiger partial charge on any atom is 0.254 e. The number of anilines is 1. The lowest BCUT2D eigenvalue weighted by atomic mass is 9.71. The van der Waals surface area contributed by atoms with Gasteiger partial charge in [0.15, 0.2) is 5.78 Å². The molecule has 0 spiro atoms. The number of methoxy groups -OCH3 is 2. The third kappa shape index (κ3) is 5.02. The number of halogens is 2. The van der Waals surface area contributed by atoms with Crippen molar-refractivity contribution in [2.75, 3.05) is 19.5 Å². The highest BCUT2D eigenvalue weighted by atomic mass is 19.1. The lowest BCUT2D eigenvalue weighted by Crippen LogP contribution is -2.37. The van der Waals surface area contributed by atoms with Gasteiger partial charge in [-0.15, -0.1) is 0 Å². The van der Waals surface area contributed by atoms with Crippen molar-refractivity contribution < 1.29 is 27.8 Å². The highest BCUT2D eigenvalue weighted by Gasteiger charge is 2.42. The average molecular weight is 531 g/mol. The highest BCUT2D eigenvalue weighted by molar-refractivity contribution is 6.10. The Hall–Kier alpha value is -4.46. The number of benzene rings is 3. The molecule has 3 aromatic rings. The number of carbonyl (C=O) groups excluding carboxylic acids is 2. The Bertz CT molecular complexity index is 1510. The van der Waals surface area contributed by atoms with E-state index in [1.54, 1.807) is 25.1 Å². The van der Waals surface area contributed by atoms with Crippen LogP contribution in [0.5, 0.6) is 11.5 Å². The predicted octanol–water partition coefficient (Wildman–Crippen LogP) is 5.98. The molecule has 0 unspecified atom stereocenters. The quantitative estimate of drug-likeness (QED) is 0.410. The Balaban J connectivity index is 1.63. The molecular formula is C31H28F2N2O4. The Morgan fingerprint density at radius 2 is 1.74 bits per heavy atom. The molecule has 2 aliphatic rings. The number of amides is 1. The highest BCUT2D eigenvalue weighted by Crippen LogP contribution is 2.48. The van der Waals surface area contributed by atoms with E-state index in [1.165, 1.54) is 14.2 Å². The van der Waals surface area contributed by atoms with Crippen LogP contribution in [0.4, 0.5) is 14.5 Å². The molecule has 1 aliphatic carbocycles. The van der Waals surface area contributed by atoms with Gasteiger partial charge in [-0.05, 0) is 55.2 Å². The van der Waals surface area contributed by atoms with Crippen molar-refractivity contribution in [3.05, 3.63) is 112 Å². The van der Waals surface area contributed by atoms with E-state index in [9.17, 15) is 18.4 Å². The largest absolute Gasteiger partial charge is 0.497 e. The molecular weight excluding hydrogens is 502 g/mol. The van der Waals surface area contributed by atoms with Crippen molar-refractivity contribution in [3.8, 4) is 11.5 Å². The summed E-state index contributed by atoms with van der Waals surface area (Å²) in [4.78, 5) is 27.6. The Kier molecular flexibility index (Phi) is 7.19. The van der Waals surface area contributed by atoms with Crippen molar-refractivity contribution in [1.29, 1.82) is 0 Å². The first-order chi connectivity index (χ1) is 18.8. The summed E-state index contributed by atoms with van der Waals surface area (Å²) in [6, 6.07) is 18.0. The van der Waals surface area contributed by atoms with Crippen LogP contribution in [0.2, 0.25) is 0 Å². The minimum Gasteiger partial charge on any atom is -0.497 e. The Morgan fingerprint density at radius 3 is 2.44 bits per heavy atom. The van der Waals surface area contributed by atoms with Crippen LogP contribution >= 0.6 is 0 Å². The number of ether oxygens (including phenoxy) is 2. The van der Waals surface area contributed by atoms with Crippen LogP contribution < -0.4 is 20.1 Å². The molecule has 5 rings (SSSR count). The van der Waals surface area contributed by atoms with Crippen LogP contribution in [0.1, 0.15) is 42.7 Å². The number of allylic oxidation sites excluding steroid dienone is 3. The fourth-order valence-electron chi connectivity index (χ4n) is 5.46. The average Bonchev–Trinajstić information content (AvgIpc) is 2.93. The normalized spacial score (nSPS) is 18.8. The number of dihydropyridines is 1. The SMILES string of the molecule is COc1ccc(OC)c([C@@H]2C(C(=O)Nc3ccc(F)cc3F)=C(C)NC3=C2C(=O)C[C@@H](c2ccccc2)C3)c1. The molecule has 1 heterocycles. The van der Waals surface area contributed by atoms with Crippen LogP contribution in [0.15, 0.2) is 89.3 Å². The molecule has 0 bridgehead atoms. The van der Waals surface area contributed by atoms with Gasteiger partial charge in [-0.1, -0.05) is 30.3 Å². The molecule has 39 heavy (non-hydrogen) atoms. The number of nitrogens with one attached hydrogen (secondary N) is 2. The second-order valence-corrected chi connectivity index (χ2v) is 9.61. The molecule has 0 radical (unpaired) electrons. The Morgan fingerprint density at radius 1 is 0.974 bits per heavy atom. The third-order valence-electron chi connectivity index (χ3n) is 7.27. The van der Waals surface area contributed by atoms with Gasteiger partial charge >= 0.3 is 0 Å². The summed E-state index contributed by atoms with van der Waals surface area (Å²) in [6.07, 6.45) is 0.848. The molecule has 6 nitrogen and oxygen atoms in total. The number of Topliss-reactive ketones (excluding diaryl/α,β-unsaturated/α-hetero) is 1. The standard InChI is InChI=1S/C31H28F2N2O4/c1-17-28(31(37)35-24-11-9-20(32)15-23(24)33)29(22-16-21(38-2)10-12-27(22)39-3)30-25(34-17)13-19(14-26(30)36)18-7-5-4-6-8-18/h4-12,15-16,19,29,34H,13-14H2,1-3H3,(H,35,37)/t19-,29+/m0/s1. The van der Waals surface area contributed by atoms with E-state index < -0.39 is 23.5 Å². The summed E-state index contributed by atoms with van der Waals surface area (Å²) in [7, 11) is 3.04. The molecule has 0 aromatic heterocycles. The van der Waals surface area contributed by atoms with Crippen molar-refractivity contribution in [2.24, 2.45) is 0 Å². The number of ketones is 1. The van der Waals surface area contributed by atoms with Crippen molar-refractivity contribution >= 4 is 17.4 Å². The summed E-state index contributed by atoms with van der Waals surface area (Å²) in [6.45, 7) is 1.75. The fraction of sp³-hybridized carbons (Fsp3) is 0.226. The second kappa shape index (κ2) is 10.7. The first-order valence-electron chi connectivity index (χ1n) is 12.6. The third-order valence-corrected chi connectivity index (χ3v) is 7.27. The van der Waals surface area contributed by atoms with Gasteiger partial charge in [0, 0.05) is 40.6 Å². The summed E-state index contributed by atoms with van der Waals surface area (Å²) < 4.78 is 39.0. The van der Waals surface area contributed by atoms with Crippen LogP contribution in [-0.2, 0) is 9.59 Å². The number of rotatable bonds is 6. The smallest absolute Gasteiger partial charge is 0.254 e. The van der Waals surface area contributed by atoms with E-state index in [0.29, 0.717) is 40.8 Å². The van der Waals surface area contributed by atoms with E-state index in [0.717, 1.165) is 23.4 Å². The van der Waals surface area contributed by atoms with Gasteiger partial charge < -0.3 is 20.1 Å². The molecule has 0 saturated carbocycles. The van der Waals surface area contributed by atoms with Gasteiger partial charge in [0.2, 0.25) is 0 Å². The van der Waals surface area contributed by atoms with Gasteiger partial charge in [0.25, 0.3) is 5.91 Å². The zero-order chi connectivity index (χ0) is 27.7. The molecule has 8 heteroatoms. The number of hydrogen-bond donors (Lipinski definition) is 2. The van der Waals surface area contributed by atoms with Crippen molar-refractivity contribution in [2.45, 2.75) is 31.6 Å². The number of carbonyl (C=O) groups is 2. The van der Waals surface area contributed by atoms with Gasteiger partial charge in [-0.25, -0.2) is 8.78 Å². The second-order valence-electron chi connectivity index (χ2n) is 9.61. The van der Waals surface area contributed by atoms with Crippen LogP contribution in [0, 0.1) is 11.6 Å². The van der Waals surface area contributed by atoms with E-state index in [1.807, 2.05) is 30.3 Å². The molecule has 3 aromatic carbocycles. The van der Waals surface area contributed by atoms with Gasteiger partial charge in [0.05, 0.1) is 25.8 Å². The van der Waals surface area contributed by atoms with Gasteiger partial charge in [0.1, 0.15) is 23.1 Å². The van der Waals surface area contributed by atoms with E-state index in [-0.39, 0.29) is 29.4 Å². The van der Waals surface area contributed by atoms with Crippen LogP contribution in [0.25, 0.3) is 0 Å². The van der Waals surface area contributed by atoms with Crippen LogP contribution in [0.3, 0.4) is 0 Å². The molecule has 2 N–H and O–H groups in total. The molecule has 1 aliphatic heterocycles. The summed E-state index contributed by atoms with van der Waals surface area (Å²) >= 11 is 0. The van der Waals surface area contributed by atoms with E-state index in [4.69, 9.17) is 9.47 Å². The molecule has 1 amide bonds. The lowest BCUT2D eigenvalue weighted by Gasteiger charge is -2.37.